The van der Waals surface area contributed by atoms with Gasteiger partial charge in [0.1, 0.15) is 16.5 Å². The van der Waals surface area contributed by atoms with Gasteiger partial charge in [0, 0.05) is 56.1 Å². The van der Waals surface area contributed by atoms with Gasteiger partial charge in [0.2, 0.25) is 0 Å². The second-order valence-electron chi connectivity index (χ2n) is 6.71. The smallest absolute Gasteiger partial charge is 0.272 e. The van der Waals surface area contributed by atoms with E-state index in [1.54, 1.807) is 28.3 Å². The van der Waals surface area contributed by atoms with Crippen LogP contribution in [0.15, 0.2) is 36.0 Å². The van der Waals surface area contributed by atoms with Crippen molar-refractivity contribution in [3.05, 3.63) is 47.4 Å². The molecule has 3 aromatic rings. The molecule has 0 spiro atoms. The Morgan fingerprint density at radius 1 is 1.14 bits per heavy atom. The number of hydrogen-bond acceptors (Lipinski definition) is 6. The predicted molar refractivity (Wildman–Crippen MR) is 111 cm³/mol. The average molecular weight is 397 g/mol. The van der Waals surface area contributed by atoms with Gasteiger partial charge in [0.15, 0.2) is 0 Å². The van der Waals surface area contributed by atoms with Crippen LogP contribution in [0.2, 0.25) is 0 Å². The van der Waals surface area contributed by atoms with Crippen molar-refractivity contribution in [2.75, 3.05) is 31.1 Å². The van der Waals surface area contributed by atoms with Crippen molar-refractivity contribution < 1.29 is 4.79 Å². The molecule has 146 valence electrons. The summed E-state index contributed by atoms with van der Waals surface area (Å²) in [6.07, 6.45) is 4.53. The first kappa shape index (κ1) is 18.6. The van der Waals surface area contributed by atoms with Crippen molar-refractivity contribution in [2.45, 2.75) is 26.8 Å². The third-order valence-electron chi connectivity index (χ3n) is 5.03. The Labute approximate surface area is 168 Å². The van der Waals surface area contributed by atoms with Gasteiger partial charge in [0.05, 0.1) is 5.69 Å². The van der Waals surface area contributed by atoms with E-state index in [9.17, 15) is 4.79 Å². The average Bonchev–Trinajstić information content (AvgIpc) is 3.43. The van der Waals surface area contributed by atoms with Crippen LogP contribution in [0.25, 0.3) is 10.6 Å². The van der Waals surface area contributed by atoms with Crippen molar-refractivity contribution in [3.8, 4) is 10.6 Å². The molecule has 0 bridgehead atoms. The van der Waals surface area contributed by atoms with Crippen molar-refractivity contribution in [2.24, 2.45) is 0 Å². The molecule has 0 radical (unpaired) electrons. The fourth-order valence-corrected chi connectivity index (χ4v) is 4.26. The largest absolute Gasteiger partial charge is 0.353 e. The van der Waals surface area contributed by atoms with Crippen LogP contribution in [0.3, 0.4) is 0 Å². The first-order valence-corrected chi connectivity index (χ1v) is 10.5. The van der Waals surface area contributed by atoms with Crippen LogP contribution in [0, 0.1) is 0 Å². The zero-order chi connectivity index (χ0) is 19.5. The minimum atomic E-state index is 0.0535. The van der Waals surface area contributed by atoms with Gasteiger partial charge in [-0.15, -0.1) is 11.3 Å². The van der Waals surface area contributed by atoms with Crippen molar-refractivity contribution >= 4 is 23.1 Å². The molecule has 0 aliphatic carbocycles. The third-order valence-corrected chi connectivity index (χ3v) is 5.98. The van der Waals surface area contributed by atoms with Gasteiger partial charge in [-0.1, -0.05) is 6.92 Å². The maximum absolute atomic E-state index is 12.7. The maximum atomic E-state index is 12.7. The van der Waals surface area contributed by atoms with Crippen molar-refractivity contribution in [1.82, 2.24) is 24.6 Å². The van der Waals surface area contributed by atoms with Crippen molar-refractivity contribution in [1.29, 1.82) is 0 Å². The molecule has 1 aliphatic rings. The third kappa shape index (κ3) is 3.64. The molecule has 1 saturated heterocycles. The van der Waals surface area contributed by atoms with E-state index in [4.69, 9.17) is 0 Å². The first-order chi connectivity index (χ1) is 13.7. The number of thiazole rings is 1. The molecule has 0 aromatic carbocycles. The lowest BCUT2D eigenvalue weighted by Gasteiger charge is -2.35. The maximum Gasteiger partial charge on any atom is 0.272 e. The van der Waals surface area contributed by atoms with E-state index < -0.39 is 0 Å². The number of amides is 1. The number of hydrogen-bond donors (Lipinski definition) is 0. The summed E-state index contributed by atoms with van der Waals surface area (Å²) >= 11 is 1.66. The number of nitrogens with zero attached hydrogens (tertiary/aromatic N) is 6. The summed E-state index contributed by atoms with van der Waals surface area (Å²) in [5.41, 5.74) is 2.83. The minimum absolute atomic E-state index is 0.0535. The Bertz CT molecular complexity index is 940. The molecule has 0 unspecified atom stereocenters. The van der Waals surface area contributed by atoms with E-state index in [0.29, 0.717) is 25.3 Å². The van der Waals surface area contributed by atoms with Gasteiger partial charge in [-0.3, -0.25) is 9.48 Å². The molecule has 8 heteroatoms. The second kappa shape index (κ2) is 8.10. The molecule has 1 fully saturated rings. The Kier molecular flexibility index (Phi) is 5.38. The number of pyridine rings is 1. The monoisotopic (exact) mass is 396 g/mol. The Balaban J connectivity index is 1.39. The van der Waals surface area contributed by atoms with Crippen LogP contribution in [-0.2, 0) is 13.0 Å². The summed E-state index contributed by atoms with van der Waals surface area (Å²) in [5.74, 6) is 1.000. The molecule has 0 N–H and O–H groups in total. The fourth-order valence-electron chi connectivity index (χ4n) is 3.37. The van der Waals surface area contributed by atoms with Crippen LogP contribution in [0.1, 0.15) is 30.0 Å². The summed E-state index contributed by atoms with van der Waals surface area (Å²) < 4.78 is 1.75. The first-order valence-electron chi connectivity index (χ1n) is 9.66. The van der Waals surface area contributed by atoms with E-state index in [1.807, 2.05) is 24.1 Å². The van der Waals surface area contributed by atoms with Gasteiger partial charge in [-0.25, -0.2) is 9.97 Å². The predicted octanol–water partition coefficient (Wildman–Crippen LogP) is 2.95. The normalized spacial score (nSPS) is 14.5. The highest BCUT2D eigenvalue weighted by Gasteiger charge is 2.24. The highest BCUT2D eigenvalue weighted by atomic mass is 32.1. The van der Waals surface area contributed by atoms with Crippen molar-refractivity contribution in [3.63, 3.8) is 0 Å². The van der Waals surface area contributed by atoms with Gasteiger partial charge in [0.25, 0.3) is 5.91 Å². The van der Waals surface area contributed by atoms with E-state index in [2.05, 4.69) is 38.3 Å². The summed E-state index contributed by atoms with van der Waals surface area (Å²) in [4.78, 5) is 26.1. The molecule has 0 saturated carbocycles. The fraction of sp³-hybridized carbons (Fsp3) is 0.400. The number of aromatic nitrogens is 4. The SMILES string of the molecule is CCc1csc(-c2ccc(N3CCN(C(=O)c4ccnn4CC)CC3)nc2)n1. The standard InChI is InChI=1S/C20H24N6OS/c1-3-16-14-28-19(23-16)15-5-6-18(21-13-15)24-9-11-25(12-10-24)20(27)17-7-8-22-26(17)4-2/h5-8,13-14H,3-4,9-12H2,1-2H3. The van der Waals surface area contributed by atoms with E-state index >= 15 is 0 Å². The minimum Gasteiger partial charge on any atom is -0.353 e. The van der Waals surface area contributed by atoms with Crippen LogP contribution in [0.4, 0.5) is 5.82 Å². The molecule has 4 rings (SSSR count). The van der Waals surface area contributed by atoms with Crippen LogP contribution >= 0.6 is 11.3 Å². The van der Waals surface area contributed by atoms with Gasteiger partial charge < -0.3 is 9.80 Å². The zero-order valence-electron chi connectivity index (χ0n) is 16.2. The topological polar surface area (TPSA) is 67.2 Å². The van der Waals surface area contributed by atoms with Crippen LogP contribution < -0.4 is 4.90 Å². The highest BCUT2D eigenvalue weighted by molar-refractivity contribution is 7.13. The molecular formula is C20H24N6OS. The quantitative estimate of drug-likeness (QED) is 0.663. The Morgan fingerprint density at radius 2 is 1.96 bits per heavy atom. The number of piperazine rings is 1. The molecule has 3 aromatic heterocycles. The van der Waals surface area contributed by atoms with Gasteiger partial charge in [-0.2, -0.15) is 5.10 Å². The molecular weight excluding hydrogens is 372 g/mol. The summed E-state index contributed by atoms with van der Waals surface area (Å²) in [6, 6.07) is 5.92. The number of carbonyl (C=O) groups is 1. The summed E-state index contributed by atoms with van der Waals surface area (Å²) in [5, 5.41) is 7.31. The molecule has 1 aliphatic heterocycles. The van der Waals surface area contributed by atoms with E-state index in [-0.39, 0.29) is 5.91 Å². The molecule has 0 atom stereocenters. The van der Waals surface area contributed by atoms with Crippen LogP contribution in [0.5, 0.6) is 0 Å². The Hall–Kier alpha value is -2.74. The lowest BCUT2D eigenvalue weighted by Crippen LogP contribution is -2.49. The van der Waals surface area contributed by atoms with E-state index in [1.165, 1.54) is 0 Å². The summed E-state index contributed by atoms with van der Waals surface area (Å²) in [6.45, 7) is 7.72. The number of anilines is 1. The molecule has 1 amide bonds. The molecule has 7 nitrogen and oxygen atoms in total. The Morgan fingerprint density at radius 3 is 2.61 bits per heavy atom. The van der Waals surface area contributed by atoms with E-state index in [0.717, 1.165) is 41.6 Å². The highest BCUT2D eigenvalue weighted by Crippen LogP contribution is 2.25. The molecule has 28 heavy (non-hydrogen) atoms. The molecule has 4 heterocycles. The number of rotatable bonds is 5. The second-order valence-corrected chi connectivity index (χ2v) is 7.57. The van der Waals surface area contributed by atoms with Crippen LogP contribution in [-0.4, -0.2) is 56.7 Å². The lowest BCUT2D eigenvalue weighted by atomic mass is 10.2. The van der Waals surface area contributed by atoms with Gasteiger partial charge >= 0.3 is 0 Å². The summed E-state index contributed by atoms with van der Waals surface area (Å²) in [7, 11) is 0. The number of carbonyl (C=O) groups excluding carboxylic acids is 1. The number of aryl methyl sites for hydroxylation is 2. The zero-order valence-corrected chi connectivity index (χ0v) is 17.0. The van der Waals surface area contributed by atoms with Gasteiger partial charge in [-0.05, 0) is 31.5 Å². The lowest BCUT2D eigenvalue weighted by molar-refractivity contribution is 0.0734.